The number of amides is 1. The SMILES string of the molecule is COc1ncc(-c2ccc(N(C(=O)O)[C@H]3CC[C@H](Nc4ncc(C#N)c(NC5COC5)n4)CC3)nc2)cn1. The molecule has 0 bridgehead atoms. The summed E-state index contributed by atoms with van der Waals surface area (Å²) < 4.78 is 10.2. The average Bonchev–Trinajstić information content (AvgIpc) is 2.92. The van der Waals surface area contributed by atoms with Crippen molar-refractivity contribution in [2.75, 3.05) is 35.9 Å². The Labute approximate surface area is 218 Å². The summed E-state index contributed by atoms with van der Waals surface area (Å²) in [6.07, 6.45) is 8.11. The molecule has 0 unspecified atom stereocenters. The standard InChI is InChI=1S/C25H27N9O4/c1-37-24-29-11-17(12-30-24)15-2-7-21(27-9-15)34(25(35)36)20-5-3-18(4-6-20)32-23-28-10-16(8-26)22(33-23)31-19-13-38-14-19/h2,7,9-12,18-20H,3-6,13-14H2,1H3,(H,35,36)(H2,28,31,32,33)/t18-,20-. The van der Waals surface area contributed by atoms with Crippen LogP contribution in [-0.4, -0.2) is 74.6 Å². The predicted molar refractivity (Wildman–Crippen MR) is 137 cm³/mol. The van der Waals surface area contributed by atoms with Gasteiger partial charge < -0.3 is 25.2 Å². The number of pyridine rings is 1. The van der Waals surface area contributed by atoms with E-state index in [1.165, 1.54) is 18.2 Å². The third-order valence-electron chi connectivity index (χ3n) is 6.63. The number of carboxylic acid groups (broad SMARTS) is 1. The van der Waals surface area contributed by atoms with E-state index < -0.39 is 6.09 Å². The number of nitrogens with one attached hydrogen (secondary N) is 2. The summed E-state index contributed by atoms with van der Waals surface area (Å²) in [7, 11) is 1.50. The fraction of sp³-hybridized carbons (Fsp3) is 0.400. The number of rotatable bonds is 8. The first-order chi connectivity index (χ1) is 18.5. The van der Waals surface area contributed by atoms with E-state index >= 15 is 0 Å². The van der Waals surface area contributed by atoms with E-state index in [9.17, 15) is 15.2 Å². The number of anilines is 3. The molecule has 1 aliphatic heterocycles. The molecule has 2 aliphatic rings. The second-order valence-corrected chi connectivity index (χ2v) is 9.11. The molecule has 5 rings (SSSR count). The first-order valence-corrected chi connectivity index (χ1v) is 12.3. The van der Waals surface area contributed by atoms with E-state index in [4.69, 9.17) is 9.47 Å². The molecule has 3 aromatic heterocycles. The van der Waals surface area contributed by atoms with Crippen molar-refractivity contribution in [1.82, 2.24) is 24.9 Å². The number of hydrogen-bond donors (Lipinski definition) is 3. The highest BCUT2D eigenvalue weighted by molar-refractivity contribution is 5.85. The lowest BCUT2D eigenvalue weighted by atomic mass is 9.90. The minimum absolute atomic E-state index is 0.0834. The van der Waals surface area contributed by atoms with Crippen LogP contribution in [0, 0.1) is 11.3 Å². The molecule has 0 atom stereocenters. The molecule has 2 fully saturated rings. The summed E-state index contributed by atoms with van der Waals surface area (Å²) in [4.78, 5) is 34.9. The smallest absolute Gasteiger partial charge is 0.413 e. The van der Waals surface area contributed by atoms with Crippen molar-refractivity contribution in [1.29, 1.82) is 5.26 Å². The molecule has 1 aliphatic carbocycles. The van der Waals surface area contributed by atoms with Crippen molar-refractivity contribution < 1.29 is 19.4 Å². The van der Waals surface area contributed by atoms with Crippen molar-refractivity contribution >= 4 is 23.7 Å². The summed E-state index contributed by atoms with van der Waals surface area (Å²) >= 11 is 0. The summed E-state index contributed by atoms with van der Waals surface area (Å²) in [5.41, 5.74) is 1.90. The number of nitrogens with zero attached hydrogens (tertiary/aromatic N) is 7. The summed E-state index contributed by atoms with van der Waals surface area (Å²) in [5.74, 6) is 1.29. The number of nitriles is 1. The molecule has 13 heteroatoms. The van der Waals surface area contributed by atoms with E-state index in [-0.39, 0.29) is 24.1 Å². The maximum atomic E-state index is 12.2. The molecule has 3 aromatic rings. The van der Waals surface area contributed by atoms with Gasteiger partial charge in [0.1, 0.15) is 23.3 Å². The predicted octanol–water partition coefficient (Wildman–Crippen LogP) is 2.93. The normalized spacial score (nSPS) is 19.1. The van der Waals surface area contributed by atoms with Crippen molar-refractivity contribution in [2.45, 2.75) is 43.8 Å². The van der Waals surface area contributed by atoms with E-state index in [0.29, 0.717) is 49.2 Å². The third kappa shape index (κ3) is 5.55. The lowest BCUT2D eigenvalue weighted by Crippen LogP contribution is -2.44. The lowest BCUT2D eigenvalue weighted by molar-refractivity contribution is 0.0209. The van der Waals surface area contributed by atoms with Gasteiger partial charge in [-0.3, -0.25) is 4.90 Å². The molecular weight excluding hydrogens is 490 g/mol. The zero-order valence-corrected chi connectivity index (χ0v) is 20.7. The quantitative estimate of drug-likeness (QED) is 0.399. The van der Waals surface area contributed by atoms with Crippen molar-refractivity contribution in [3.05, 3.63) is 42.5 Å². The van der Waals surface area contributed by atoms with E-state index in [2.05, 4.69) is 41.6 Å². The zero-order valence-electron chi connectivity index (χ0n) is 20.7. The molecule has 3 N–H and O–H groups in total. The van der Waals surface area contributed by atoms with E-state index in [1.807, 2.05) is 0 Å². The van der Waals surface area contributed by atoms with Gasteiger partial charge in [-0.05, 0) is 37.8 Å². The van der Waals surface area contributed by atoms with Crippen LogP contribution in [0.5, 0.6) is 6.01 Å². The zero-order chi connectivity index (χ0) is 26.5. The van der Waals surface area contributed by atoms with Gasteiger partial charge in [0.05, 0.1) is 32.6 Å². The van der Waals surface area contributed by atoms with Gasteiger partial charge >= 0.3 is 12.1 Å². The largest absolute Gasteiger partial charge is 0.467 e. The molecule has 1 saturated carbocycles. The first-order valence-electron chi connectivity index (χ1n) is 12.3. The number of aromatic nitrogens is 5. The van der Waals surface area contributed by atoms with Gasteiger partial charge in [-0.25, -0.2) is 24.7 Å². The first kappa shape index (κ1) is 25.1. The maximum Gasteiger partial charge on any atom is 0.413 e. The topological polar surface area (TPSA) is 171 Å². The van der Waals surface area contributed by atoms with Crippen LogP contribution in [0.3, 0.4) is 0 Å². The molecule has 13 nitrogen and oxygen atoms in total. The van der Waals surface area contributed by atoms with Crippen LogP contribution in [0.25, 0.3) is 11.1 Å². The summed E-state index contributed by atoms with van der Waals surface area (Å²) in [6, 6.07) is 5.90. The minimum atomic E-state index is -1.04. The Bertz CT molecular complexity index is 1300. The van der Waals surface area contributed by atoms with Crippen molar-refractivity contribution in [3.8, 4) is 23.2 Å². The monoisotopic (exact) mass is 517 g/mol. The Morgan fingerprint density at radius 3 is 2.34 bits per heavy atom. The highest BCUT2D eigenvalue weighted by Gasteiger charge is 2.31. The molecule has 0 aromatic carbocycles. The Hall–Kier alpha value is -4.57. The Balaban J connectivity index is 1.21. The minimum Gasteiger partial charge on any atom is -0.467 e. The van der Waals surface area contributed by atoms with Gasteiger partial charge in [-0.15, -0.1) is 0 Å². The number of carbonyl (C=O) groups is 1. The Morgan fingerprint density at radius 1 is 1.03 bits per heavy atom. The second-order valence-electron chi connectivity index (χ2n) is 9.11. The summed E-state index contributed by atoms with van der Waals surface area (Å²) in [6.45, 7) is 1.16. The van der Waals surface area contributed by atoms with Crippen molar-refractivity contribution in [2.24, 2.45) is 0 Å². The van der Waals surface area contributed by atoms with Crippen LogP contribution in [0.2, 0.25) is 0 Å². The maximum absolute atomic E-state index is 12.2. The van der Waals surface area contributed by atoms with Crippen LogP contribution in [0.15, 0.2) is 36.9 Å². The van der Waals surface area contributed by atoms with Crippen LogP contribution in [-0.2, 0) is 4.74 Å². The molecule has 1 amide bonds. The van der Waals surface area contributed by atoms with Crippen LogP contribution in [0.1, 0.15) is 31.2 Å². The van der Waals surface area contributed by atoms with Gasteiger partial charge in [0.25, 0.3) is 0 Å². The van der Waals surface area contributed by atoms with E-state index in [0.717, 1.165) is 24.0 Å². The summed E-state index contributed by atoms with van der Waals surface area (Å²) in [5, 5.41) is 25.9. The van der Waals surface area contributed by atoms with Gasteiger partial charge in [-0.1, -0.05) is 0 Å². The van der Waals surface area contributed by atoms with Crippen LogP contribution in [0.4, 0.5) is 22.4 Å². The number of methoxy groups -OCH3 is 1. The van der Waals surface area contributed by atoms with E-state index in [1.54, 1.807) is 30.7 Å². The third-order valence-corrected chi connectivity index (χ3v) is 6.63. The van der Waals surface area contributed by atoms with Crippen LogP contribution < -0.4 is 20.3 Å². The fourth-order valence-electron chi connectivity index (χ4n) is 4.53. The Kier molecular flexibility index (Phi) is 7.41. The van der Waals surface area contributed by atoms with Crippen molar-refractivity contribution in [3.63, 3.8) is 0 Å². The molecule has 0 spiro atoms. The molecular formula is C25H27N9O4. The van der Waals surface area contributed by atoms with Gasteiger partial charge in [0.15, 0.2) is 0 Å². The highest BCUT2D eigenvalue weighted by Crippen LogP contribution is 2.29. The lowest BCUT2D eigenvalue weighted by Gasteiger charge is -2.35. The highest BCUT2D eigenvalue weighted by atomic mass is 16.5. The molecule has 196 valence electrons. The number of hydrogen-bond acceptors (Lipinski definition) is 11. The van der Waals surface area contributed by atoms with Gasteiger partial charge in [-0.2, -0.15) is 10.2 Å². The molecule has 0 radical (unpaired) electrons. The van der Waals surface area contributed by atoms with Gasteiger partial charge in [0, 0.05) is 41.8 Å². The molecule has 1 saturated heterocycles. The van der Waals surface area contributed by atoms with Crippen LogP contribution >= 0.6 is 0 Å². The molecule has 4 heterocycles. The molecule has 38 heavy (non-hydrogen) atoms. The average molecular weight is 518 g/mol. The fourth-order valence-corrected chi connectivity index (χ4v) is 4.53. The number of ether oxygens (including phenoxy) is 2. The van der Waals surface area contributed by atoms with Gasteiger partial charge in [0.2, 0.25) is 5.95 Å². The Morgan fingerprint density at radius 2 is 1.76 bits per heavy atom. The second kappa shape index (κ2) is 11.2.